The zero-order valence-corrected chi connectivity index (χ0v) is 12.2. The van der Waals surface area contributed by atoms with Crippen molar-refractivity contribution < 1.29 is 9.53 Å². The smallest absolute Gasteiger partial charge is 0.226 e. The fourth-order valence-corrected chi connectivity index (χ4v) is 1.99. The molecular weight excluding hydrogens is 266 g/mol. The van der Waals surface area contributed by atoms with Crippen molar-refractivity contribution in [2.75, 3.05) is 11.9 Å². The van der Waals surface area contributed by atoms with Gasteiger partial charge in [-0.2, -0.15) is 4.98 Å². The Morgan fingerprint density at radius 2 is 2.05 bits per heavy atom. The summed E-state index contributed by atoms with van der Waals surface area (Å²) in [5.41, 5.74) is 1.09. The number of aromatic nitrogens is 2. The Hall–Kier alpha value is -2.43. The van der Waals surface area contributed by atoms with Crippen molar-refractivity contribution in [3.05, 3.63) is 48.3 Å². The maximum atomic E-state index is 12.1. The fraction of sp³-hybridized carbons (Fsp3) is 0.312. The number of carbonyl (C=O) groups excluding carboxylic acids is 1. The Kier molecular flexibility index (Phi) is 5.26. The lowest BCUT2D eigenvalue weighted by Gasteiger charge is -2.12. The Labute approximate surface area is 124 Å². The number of rotatable bonds is 6. The SMILES string of the molecule is CCOc1cccc(NC(=O)C[C@H](C)c2ccncc2)n1. The van der Waals surface area contributed by atoms with Gasteiger partial charge in [-0.3, -0.25) is 9.78 Å². The highest BCUT2D eigenvalue weighted by Gasteiger charge is 2.12. The van der Waals surface area contributed by atoms with Gasteiger partial charge in [-0.05, 0) is 36.6 Å². The van der Waals surface area contributed by atoms with Gasteiger partial charge in [0.15, 0.2) is 0 Å². The Bertz CT molecular complexity index is 587. The third kappa shape index (κ3) is 4.56. The predicted molar refractivity (Wildman–Crippen MR) is 81.3 cm³/mol. The molecule has 110 valence electrons. The zero-order valence-electron chi connectivity index (χ0n) is 12.2. The van der Waals surface area contributed by atoms with E-state index in [2.05, 4.69) is 15.3 Å². The molecule has 0 unspecified atom stereocenters. The second-order valence-corrected chi connectivity index (χ2v) is 4.73. The van der Waals surface area contributed by atoms with E-state index in [-0.39, 0.29) is 11.8 Å². The number of hydrogen-bond donors (Lipinski definition) is 1. The van der Waals surface area contributed by atoms with E-state index in [0.29, 0.717) is 24.7 Å². The second-order valence-electron chi connectivity index (χ2n) is 4.73. The van der Waals surface area contributed by atoms with Crippen LogP contribution in [-0.2, 0) is 4.79 Å². The number of nitrogens with zero attached hydrogens (tertiary/aromatic N) is 2. The molecule has 0 radical (unpaired) electrons. The van der Waals surface area contributed by atoms with E-state index in [1.54, 1.807) is 30.6 Å². The van der Waals surface area contributed by atoms with Crippen molar-refractivity contribution >= 4 is 11.7 Å². The molecule has 1 atom stereocenters. The summed E-state index contributed by atoms with van der Waals surface area (Å²) < 4.78 is 5.31. The van der Waals surface area contributed by atoms with Crippen molar-refractivity contribution in [3.8, 4) is 5.88 Å². The Morgan fingerprint density at radius 1 is 1.29 bits per heavy atom. The van der Waals surface area contributed by atoms with E-state index in [1.165, 1.54) is 0 Å². The van der Waals surface area contributed by atoms with Crippen molar-refractivity contribution in [2.45, 2.75) is 26.2 Å². The van der Waals surface area contributed by atoms with Gasteiger partial charge >= 0.3 is 0 Å². The summed E-state index contributed by atoms with van der Waals surface area (Å²) in [6.45, 7) is 4.45. The van der Waals surface area contributed by atoms with Gasteiger partial charge in [0.1, 0.15) is 5.82 Å². The van der Waals surface area contributed by atoms with Crippen LogP contribution in [0.4, 0.5) is 5.82 Å². The lowest BCUT2D eigenvalue weighted by Crippen LogP contribution is -2.15. The van der Waals surface area contributed by atoms with Crippen LogP contribution in [0.3, 0.4) is 0 Å². The van der Waals surface area contributed by atoms with Gasteiger partial charge in [0.2, 0.25) is 11.8 Å². The minimum atomic E-state index is -0.0690. The monoisotopic (exact) mass is 285 g/mol. The first-order chi connectivity index (χ1) is 10.2. The molecule has 1 N–H and O–H groups in total. The molecule has 0 fully saturated rings. The summed E-state index contributed by atoms with van der Waals surface area (Å²) in [6.07, 6.45) is 3.86. The molecule has 1 amide bonds. The summed E-state index contributed by atoms with van der Waals surface area (Å²) in [5, 5.41) is 2.80. The van der Waals surface area contributed by atoms with E-state index in [4.69, 9.17) is 4.74 Å². The normalized spacial score (nSPS) is 11.7. The number of pyridine rings is 2. The first kappa shape index (κ1) is 15.0. The van der Waals surface area contributed by atoms with Gasteiger partial charge in [-0.1, -0.05) is 13.0 Å². The van der Waals surface area contributed by atoms with Gasteiger partial charge < -0.3 is 10.1 Å². The molecule has 2 aromatic rings. The Balaban J connectivity index is 1.94. The number of anilines is 1. The molecule has 2 heterocycles. The molecule has 2 rings (SSSR count). The number of amides is 1. The predicted octanol–water partition coefficient (Wildman–Crippen LogP) is 3.01. The zero-order chi connectivity index (χ0) is 15.1. The second kappa shape index (κ2) is 7.38. The van der Waals surface area contributed by atoms with Crippen LogP contribution >= 0.6 is 0 Å². The maximum Gasteiger partial charge on any atom is 0.226 e. The number of nitrogens with one attached hydrogen (secondary N) is 1. The third-order valence-corrected chi connectivity index (χ3v) is 3.05. The fourth-order valence-electron chi connectivity index (χ4n) is 1.99. The highest BCUT2D eigenvalue weighted by molar-refractivity contribution is 5.90. The molecule has 2 aromatic heterocycles. The van der Waals surface area contributed by atoms with Crippen LogP contribution < -0.4 is 10.1 Å². The molecule has 5 heteroatoms. The summed E-state index contributed by atoms with van der Waals surface area (Å²) in [4.78, 5) is 20.3. The van der Waals surface area contributed by atoms with Gasteiger partial charge in [0.05, 0.1) is 6.61 Å². The van der Waals surface area contributed by atoms with Crippen LogP contribution in [0, 0.1) is 0 Å². The summed E-state index contributed by atoms with van der Waals surface area (Å²) >= 11 is 0. The van der Waals surface area contributed by atoms with Crippen LogP contribution in [0.25, 0.3) is 0 Å². The molecule has 0 bridgehead atoms. The van der Waals surface area contributed by atoms with Crippen LogP contribution in [-0.4, -0.2) is 22.5 Å². The van der Waals surface area contributed by atoms with Crippen molar-refractivity contribution in [1.29, 1.82) is 0 Å². The van der Waals surface area contributed by atoms with Crippen LogP contribution in [0.5, 0.6) is 5.88 Å². The van der Waals surface area contributed by atoms with Gasteiger partial charge in [0.25, 0.3) is 0 Å². The lowest BCUT2D eigenvalue weighted by molar-refractivity contribution is -0.116. The van der Waals surface area contributed by atoms with Crippen molar-refractivity contribution in [1.82, 2.24) is 9.97 Å². The van der Waals surface area contributed by atoms with E-state index >= 15 is 0 Å². The summed E-state index contributed by atoms with van der Waals surface area (Å²) in [6, 6.07) is 9.16. The van der Waals surface area contributed by atoms with Gasteiger partial charge in [0, 0.05) is 24.9 Å². The topological polar surface area (TPSA) is 64.1 Å². The first-order valence-corrected chi connectivity index (χ1v) is 6.98. The van der Waals surface area contributed by atoms with E-state index < -0.39 is 0 Å². The number of ether oxygens (including phenoxy) is 1. The quantitative estimate of drug-likeness (QED) is 0.886. The minimum absolute atomic E-state index is 0.0690. The Morgan fingerprint density at radius 3 is 2.76 bits per heavy atom. The molecule has 0 saturated carbocycles. The highest BCUT2D eigenvalue weighted by Crippen LogP contribution is 2.19. The van der Waals surface area contributed by atoms with Crippen LogP contribution in [0.15, 0.2) is 42.7 Å². The average Bonchev–Trinajstić information content (AvgIpc) is 2.48. The van der Waals surface area contributed by atoms with E-state index in [0.717, 1.165) is 5.56 Å². The van der Waals surface area contributed by atoms with Crippen LogP contribution in [0.1, 0.15) is 31.7 Å². The molecular formula is C16H19N3O2. The average molecular weight is 285 g/mol. The summed E-state index contributed by atoms with van der Waals surface area (Å²) in [7, 11) is 0. The molecule has 0 aromatic carbocycles. The number of carbonyl (C=O) groups is 1. The third-order valence-electron chi connectivity index (χ3n) is 3.05. The van der Waals surface area contributed by atoms with Gasteiger partial charge in [-0.15, -0.1) is 0 Å². The lowest BCUT2D eigenvalue weighted by atomic mass is 9.99. The molecule has 0 aliphatic heterocycles. The molecule has 21 heavy (non-hydrogen) atoms. The highest BCUT2D eigenvalue weighted by atomic mass is 16.5. The molecule has 0 aliphatic carbocycles. The molecule has 5 nitrogen and oxygen atoms in total. The molecule has 0 aliphatic rings. The maximum absolute atomic E-state index is 12.1. The van der Waals surface area contributed by atoms with Crippen molar-refractivity contribution in [3.63, 3.8) is 0 Å². The van der Waals surface area contributed by atoms with Crippen LogP contribution in [0.2, 0.25) is 0 Å². The van der Waals surface area contributed by atoms with E-state index in [9.17, 15) is 4.79 Å². The molecule has 0 spiro atoms. The minimum Gasteiger partial charge on any atom is -0.478 e. The standard InChI is InChI=1S/C16H19N3O2/c1-3-21-16-6-4-5-14(19-16)18-15(20)11-12(2)13-7-9-17-10-8-13/h4-10,12H,3,11H2,1-2H3,(H,18,19,20)/t12-/m0/s1. The van der Waals surface area contributed by atoms with E-state index in [1.807, 2.05) is 26.0 Å². The largest absolute Gasteiger partial charge is 0.478 e. The first-order valence-electron chi connectivity index (χ1n) is 6.98. The molecule has 0 saturated heterocycles. The number of hydrogen-bond acceptors (Lipinski definition) is 4. The summed E-state index contributed by atoms with van der Waals surface area (Å²) in [5.74, 6) is 1.08. The van der Waals surface area contributed by atoms with Crippen molar-refractivity contribution in [2.24, 2.45) is 0 Å². The van der Waals surface area contributed by atoms with Gasteiger partial charge in [-0.25, -0.2) is 0 Å².